The second-order valence-electron chi connectivity index (χ2n) is 8.66. The number of hydrogen-bond donors (Lipinski definition) is 1. The molecular weight excluding hydrogens is 369 g/mol. The molecule has 1 saturated heterocycles. The summed E-state index contributed by atoms with van der Waals surface area (Å²) < 4.78 is 39.3. The minimum Gasteiger partial charge on any atom is -0.347 e. The third-order valence-electron chi connectivity index (χ3n) is 5.50. The van der Waals surface area contributed by atoms with Gasteiger partial charge in [-0.3, -0.25) is 9.59 Å². The maximum Gasteiger partial charge on any atom is 0.416 e. The lowest BCUT2D eigenvalue weighted by atomic mass is 9.80. The van der Waals surface area contributed by atoms with Crippen molar-refractivity contribution in [3.63, 3.8) is 0 Å². The van der Waals surface area contributed by atoms with Crippen LogP contribution in [0.15, 0.2) is 24.3 Å². The van der Waals surface area contributed by atoms with Crippen LogP contribution in [0.4, 0.5) is 13.2 Å². The summed E-state index contributed by atoms with van der Waals surface area (Å²) in [6, 6.07) is 4.28. The molecule has 2 unspecified atom stereocenters. The molecule has 0 aromatic heterocycles. The molecule has 0 radical (unpaired) electrons. The fraction of sp³-hybridized carbons (Fsp3) is 0.619. The van der Waals surface area contributed by atoms with Gasteiger partial charge in [-0.15, -0.1) is 0 Å². The van der Waals surface area contributed by atoms with Crippen LogP contribution in [0.25, 0.3) is 0 Å². The number of alkyl halides is 3. The zero-order valence-corrected chi connectivity index (χ0v) is 16.9. The first-order chi connectivity index (χ1) is 12.9. The highest BCUT2D eigenvalue weighted by Crippen LogP contribution is 2.32. The van der Waals surface area contributed by atoms with Gasteiger partial charge in [0.15, 0.2) is 0 Å². The smallest absolute Gasteiger partial charge is 0.347 e. The number of likely N-dealkylation sites (tertiary alicyclic amines) is 1. The van der Waals surface area contributed by atoms with Crippen LogP contribution in [0.5, 0.6) is 0 Å². The Morgan fingerprint density at radius 1 is 1.25 bits per heavy atom. The predicted octanol–water partition coefficient (Wildman–Crippen LogP) is 4.56. The molecule has 0 aliphatic carbocycles. The van der Waals surface area contributed by atoms with E-state index in [0.29, 0.717) is 18.5 Å². The molecular formula is C21H29F3N2O2. The molecule has 28 heavy (non-hydrogen) atoms. The minimum atomic E-state index is -4.46. The van der Waals surface area contributed by atoms with E-state index in [4.69, 9.17) is 0 Å². The number of carbonyl (C=O) groups excluding carboxylic acids is 2. The third-order valence-corrected chi connectivity index (χ3v) is 5.50. The average molecular weight is 398 g/mol. The maximum atomic E-state index is 13.1. The predicted molar refractivity (Wildman–Crippen MR) is 101 cm³/mol. The van der Waals surface area contributed by atoms with E-state index in [-0.39, 0.29) is 36.1 Å². The molecule has 1 aliphatic heterocycles. The van der Waals surface area contributed by atoms with Crippen molar-refractivity contribution >= 4 is 11.8 Å². The molecule has 156 valence electrons. The van der Waals surface area contributed by atoms with Gasteiger partial charge in [0.05, 0.1) is 11.6 Å². The van der Waals surface area contributed by atoms with Gasteiger partial charge in [0, 0.05) is 25.9 Å². The quantitative estimate of drug-likeness (QED) is 0.764. The highest BCUT2D eigenvalue weighted by atomic mass is 19.4. The number of carbonyl (C=O) groups is 2. The molecule has 7 heteroatoms. The van der Waals surface area contributed by atoms with Crippen LogP contribution >= 0.6 is 0 Å². The first-order valence-electron chi connectivity index (χ1n) is 9.62. The standard InChI is InChI=1S/C21H29F3N2O2/c1-14(20(2,3)4)11-18(27)25-17(13-26-10-6-9-19(26)28)15-7-5-8-16(12-15)21(22,23)24/h5,7-8,12,14,17H,6,9-11,13H2,1-4H3,(H,25,27). The molecule has 2 amide bonds. The zero-order chi connectivity index (χ0) is 21.1. The molecule has 1 aromatic rings. The summed E-state index contributed by atoms with van der Waals surface area (Å²) in [7, 11) is 0. The highest BCUT2D eigenvalue weighted by Gasteiger charge is 2.32. The van der Waals surface area contributed by atoms with Crippen molar-refractivity contribution in [2.75, 3.05) is 13.1 Å². The molecule has 2 atom stereocenters. The average Bonchev–Trinajstić information content (AvgIpc) is 2.97. The van der Waals surface area contributed by atoms with Crippen molar-refractivity contribution < 1.29 is 22.8 Å². The Balaban J connectivity index is 2.22. The van der Waals surface area contributed by atoms with Crippen molar-refractivity contribution in [1.82, 2.24) is 10.2 Å². The number of amides is 2. The fourth-order valence-corrected chi connectivity index (χ4v) is 3.12. The highest BCUT2D eigenvalue weighted by molar-refractivity contribution is 5.79. The van der Waals surface area contributed by atoms with Gasteiger partial charge in [0.25, 0.3) is 0 Å². The lowest BCUT2D eigenvalue weighted by Crippen LogP contribution is -2.39. The van der Waals surface area contributed by atoms with Crippen molar-refractivity contribution in [1.29, 1.82) is 0 Å². The number of rotatable bonds is 6. The Morgan fingerprint density at radius 3 is 2.46 bits per heavy atom. The topological polar surface area (TPSA) is 49.4 Å². The van der Waals surface area contributed by atoms with Crippen molar-refractivity contribution in [2.45, 2.75) is 59.2 Å². The summed E-state index contributed by atoms with van der Waals surface area (Å²) in [5.41, 5.74) is -0.472. The normalized spacial score (nSPS) is 17.5. The van der Waals surface area contributed by atoms with Gasteiger partial charge < -0.3 is 10.2 Å². The van der Waals surface area contributed by atoms with Gasteiger partial charge in [0.2, 0.25) is 11.8 Å². The molecule has 1 aliphatic rings. The summed E-state index contributed by atoms with van der Waals surface area (Å²) in [5.74, 6) is -0.158. The first-order valence-corrected chi connectivity index (χ1v) is 9.62. The summed E-state index contributed by atoms with van der Waals surface area (Å²) >= 11 is 0. The van der Waals surface area contributed by atoms with E-state index in [1.54, 1.807) is 11.0 Å². The fourth-order valence-electron chi connectivity index (χ4n) is 3.12. The molecule has 0 bridgehead atoms. The third kappa shape index (κ3) is 5.97. The van der Waals surface area contributed by atoms with E-state index < -0.39 is 17.8 Å². The molecule has 0 saturated carbocycles. The van der Waals surface area contributed by atoms with Crippen LogP contribution in [0.1, 0.15) is 64.1 Å². The lowest BCUT2D eigenvalue weighted by Gasteiger charge is -2.29. The molecule has 0 spiro atoms. The lowest BCUT2D eigenvalue weighted by molar-refractivity contribution is -0.137. The van der Waals surface area contributed by atoms with E-state index in [1.165, 1.54) is 6.07 Å². The van der Waals surface area contributed by atoms with Gasteiger partial charge >= 0.3 is 6.18 Å². The monoisotopic (exact) mass is 398 g/mol. The van der Waals surface area contributed by atoms with E-state index in [2.05, 4.69) is 5.32 Å². The Hall–Kier alpha value is -2.05. The van der Waals surface area contributed by atoms with Crippen LogP contribution in [-0.2, 0) is 15.8 Å². The van der Waals surface area contributed by atoms with Crippen LogP contribution in [0, 0.1) is 11.3 Å². The van der Waals surface area contributed by atoms with Crippen LogP contribution < -0.4 is 5.32 Å². The van der Waals surface area contributed by atoms with Crippen molar-refractivity contribution in [3.05, 3.63) is 35.4 Å². The van der Waals surface area contributed by atoms with Crippen molar-refractivity contribution in [3.8, 4) is 0 Å². The van der Waals surface area contributed by atoms with E-state index >= 15 is 0 Å². The van der Waals surface area contributed by atoms with E-state index in [9.17, 15) is 22.8 Å². The molecule has 2 rings (SSSR count). The van der Waals surface area contributed by atoms with Crippen LogP contribution in [-0.4, -0.2) is 29.8 Å². The Bertz CT molecular complexity index is 710. The molecule has 1 fully saturated rings. The molecule has 1 heterocycles. The van der Waals surface area contributed by atoms with Crippen LogP contribution in [0.2, 0.25) is 0 Å². The van der Waals surface area contributed by atoms with E-state index in [1.807, 2.05) is 27.7 Å². The summed E-state index contributed by atoms with van der Waals surface area (Å²) in [6.45, 7) is 8.83. The largest absolute Gasteiger partial charge is 0.416 e. The minimum absolute atomic E-state index is 0.0331. The van der Waals surface area contributed by atoms with E-state index in [0.717, 1.165) is 18.6 Å². The SMILES string of the molecule is CC(CC(=O)NC(CN1CCCC1=O)c1cccc(C(F)(F)F)c1)C(C)(C)C. The van der Waals surface area contributed by atoms with Crippen LogP contribution in [0.3, 0.4) is 0 Å². The Morgan fingerprint density at radius 2 is 1.93 bits per heavy atom. The van der Waals surface area contributed by atoms with Gasteiger partial charge in [-0.25, -0.2) is 0 Å². The summed E-state index contributed by atoms with van der Waals surface area (Å²) in [5, 5.41) is 2.86. The molecule has 1 N–H and O–H groups in total. The zero-order valence-electron chi connectivity index (χ0n) is 16.9. The Kier molecular flexibility index (Phi) is 6.78. The molecule has 1 aromatic carbocycles. The first kappa shape index (κ1) is 22.2. The van der Waals surface area contributed by atoms with Gasteiger partial charge in [0.1, 0.15) is 0 Å². The summed E-state index contributed by atoms with van der Waals surface area (Å²) in [6.07, 6.45) is -3.03. The second-order valence-corrected chi connectivity index (χ2v) is 8.66. The number of halogens is 3. The van der Waals surface area contributed by atoms with Crippen molar-refractivity contribution in [2.24, 2.45) is 11.3 Å². The van der Waals surface area contributed by atoms with Gasteiger partial charge in [-0.05, 0) is 35.4 Å². The number of hydrogen-bond acceptors (Lipinski definition) is 2. The maximum absolute atomic E-state index is 13.1. The molecule has 4 nitrogen and oxygen atoms in total. The van der Waals surface area contributed by atoms with Gasteiger partial charge in [-0.1, -0.05) is 39.8 Å². The van der Waals surface area contributed by atoms with Gasteiger partial charge in [-0.2, -0.15) is 13.2 Å². The number of benzene rings is 1. The number of nitrogens with zero attached hydrogens (tertiary/aromatic N) is 1. The Labute approximate surface area is 164 Å². The second kappa shape index (κ2) is 8.53. The summed E-state index contributed by atoms with van der Waals surface area (Å²) in [4.78, 5) is 26.2. The number of nitrogens with one attached hydrogen (secondary N) is 1.